The molecule has 238 valence electrons. The van der Waals surface area contributed by atoms with Gasteiger partial charge >= 0.3 is 0 Å². The van der Waals surface area contributed by atoms with E-state index in [0.717, 1.165) is 77.5 Å². The summed E-state index contributed by atoms with van der Waals surface area (Å²) in [6, 6.07) is 59.5. The standard InChI is InChI=1S/C45H28N6/c1-2-12-29(13-3-1)30-22-24-31(25-23-30)43-34-15-4-6-16-36(34)46-44(48-43)50-38-18-8-5-14-33(38)35-28-32(26-27-39(35)50)49-41-20-10-11-21-42(41)51-40-19-9-7-17-37(40)47-45(49)51/h1-28H. The Labute approximate surface area is 292 Å². The summed E-state index contributed by atoms with van der Waals surface area (Å²) in [5.41, 5.74) is 12.7. The van der Waals surface area contributed by atoms with E-state index >= 15 is 0 Å². The highest BCUT2D eigenvalue weighted by Crippen LogP contribution is 2.37. The molecule has 51 heavy (non-hydrogen) atoms. The maximum Gasteiger partial charge on any atom is 0.235 e. The van der Waals surface area contributed by atoms with Crippen molar-refractivity contribution < 1.29 is 0 Å². The first-order valence-corrected chi connectivity index (χ1v) is 17.1. The van der Waals surface area contributed by atoms with Crippen molar-refractivity contribution in [2.24, 2.45) is 0 Å². The molecule has 6 nitrogen and oxygen atoms in total. The number of rotatable bonds is 4. The van der Waals surface area contributed by atoms with E-state index in [0.29, 0.717) is 5.95 Å². The van der Waals surface area contributed by atoms with E-state index in [4.69, 9.17) is 15.0 Å². The molecule has 0 aliphatic heterocycles. The fraction of sp³-hybridized carbons (Fsp3) is 0. The highest BCUT2D eigenvalue weighted by molar-refractivity contribution is 6.10. The van der Waals surface area contributed by atoms with E-state index in [1.807, 2.05) is 18.2 Å². The van der Waals surface area contributed by atoms with Gasteiger partial charge in [0, 0.05) is 27.4 Å². The van der Waals surface area contributed by atoms with Crippen LogP contribution < -0.4 is 0 Å². The summed E-state index contributed by atoms with van der Waals surface area (Å²) in [6.07, 6.45) is 0. The van der Waals surface area contributed by atoms with E-state index < -0.39 is 0 Å². The van der Waals surface area contributed by atoms with Crippen LogP contribution in [0.3, 0.4) is 0 Å². The molecule has 4 heterocycles. The number of hydrogen-bond donors (Lipinski definition) is 0. The molecule has 4 aromatic heterocycles. The van der Waals surface area contributed by atoms with Gasteiger partial charge in [-0.05, 0) is 65.7 Å². The second kappa shape index (κ2) is 10.7. The van der Waals surface area contributed by atoms with Gasteiger partial charge in [-0.25, -0.2) is 15.0 Å². The van der Waals surface area contributed by atoms with E-state index in [1.165, 1.54) is 11.1 Å². The summed E-state index contributed by atoms with van der Waals surface area (Å²) in [6.45, 7) is 0. The molecule has 0 saturated carbocycles. The molecule has 0 radical (unpaired) electrons. The largest absolute Gasteiger partial charge is 0.278 e. The van der Waals surface area contributed by atoms with Crippen molar-refractivity contribution in [3.63, 3.8) is 0 Å². The first-order valence-electron chi connectivity index (χ1n) is 17.1. The lowest BCUT2D eigenvalue weighted by atomic mass is 10.0. The van der Waals surface area contributed by atoms with E-state index in [1.54, 1.807) is 0 Å². The molecule has 0 unspecified atom stereocenters. The molecular formula is C45H28N6. The average molecular weight is 653 g/mol. The molecule has 0 saturated heterocycles. The SMILES string of the molecule is c1ccc(-c2ccc(-c3nc(-n4c5ccccc5c5cc(-n6c7ccccc7n7c8ccccc8nc67)ccc54)nc4ccccc34)cc2)cc1. The van der Waals surface area contributed by atoms with Crippen LogP contribution in [0, 0.1) is 0 Å². The Balaban J connectivity index is 1.13. The summed E-state index contributed by atoms with van der Waals surface area (Å²) in [7, 11) is 0. The van der Waals surface area contributed by atoms with Gasteiger partial charge in [0.25, 0.3) is 0 Å². The number of hydrogen-bond acceptors (Lipinski definition) is 3. The van der Waals surface area contributed by atoms with E-state index in [2.05, 4.69) is 165 Å². The normalized spacial score (nSPS) is 11.9. The second-order valence-corrected chi connectivity index (χ2v) is 12.9. The minimum atomic E-state index is 0.642. The number of imidazole rings is 2. The van der Waals surface area contributed by atoms with Crippen molar-refractivity contribution >= 4 is 60.6 Å². The van der Waals surface area contributed by atoms with Gasteiger partial charge in [0.1, 0.15) is 0 Å². The van der Waals surface area contributed by atoms with Gasteiger partial charge in [0.05, 0.1) is 44.3 Å². The third kappa shape index (κ3) is 4.14. The minimum Gasteiger partial charge on any atom is -0.278 e. The van der Waals surface area contributed by atoms with Gasteiger partial charge in [0.15, 0.2) is 0 Å². The smallest absolute Gasteiger partial charge is 0.235 e. The molecule has 11 rings (SSSR count). The number of aromatic nitrogens is 6. The Kier molecular flexibility index (Phi) is 5.86. The van der Waals surface area contributed by atoms with Gasteiger partial charge < -0.3 is 0 Å². The molecule has 6 heteroatoms. The Morgan fingerprint density at radius 3 is 1.78 bits per heavy atom. The molecule has 0 N–H and O–H groups in total. The van der Waals surface area contributed by atoms with Crippen molar-refractivity contribution in [3.05, 3.63) is 170 Å². The fourth-order valence-electron chi connectivity index (χ4n) is 7.76. The number of benzene rings is 7. The van der Waals surface area contributed by atoms with Crippen LogP contribution in [0.5, 0.6) is 0 Å². The van der Waals surface area contributed by atoms with Crippen LogP contribution in [0.1, 0.15) is 0 Å². The number of nitrogens with zero attached hydrogens (tertiary/aromatic N) is 6. The average Bonchev–Trinajstić information content (AvgIpc) is 3.84. The van der Waals surface area contributed by atoms with Crippen molar-refractivity contribution in [1.82, 2.24) is 28.5 Å². The third-order valence-corrected chi connectivity index (χ3v) is 10.1. The zero-order chi connectivity index (χ0) is 33.5. The zero-order valence-electron chi connectivity index (χ0n) is 27.3. The maximum absolute atomic E-state index is 5.33. The molecule has 0 spiro atoms. The molecular weight excluding hydrogens is 625 g/mol. The van der Waals surface area contributed by atoms with Crippen LogP contribution in [0.2, 0.25) is 0 Å². The first-order chi connectivity index (χ1) is 25.3. The van der Waals surface area contributed by atoms with E-state index in [9.17, 15) is 0 Å². The fourth-order valence-corrected chi connectivity index (χ4v) is 7.76. The third-order valence-electron chi connectivity index (χ3n) is 10.1. The molecule has 0 aliphatic carbocycles. The Morgan fingerprint density at radius 1 is 0.353 bits per heavy atom. The van der Waals surface area contributed by atoms with Crippen LogP contribution in [-0.2, 0) is 0 Å². The quantitative estimate of drug-likeness (QED) is 0.190. The zero-order valence-corrected chi connectivity index (χ0v) is 27.3. The monoisotopic (exact) mass is 652 g/mol. The Hall–Kier alpha value is -7.05. The molecule has 0 bridgehead atoms. The summed E-state index contributed by atoms with van der Waals surface area (Å²) >= 11 is 0. The summed E-state index contributed by atoms with van der Waals surface area (Å²) in [5.74, 6) is 1.53. The molecule has 11 aromatic rings. The molecule has 0 fully saturated rings. The Morgan fingerprint density at radius 2 is 0.961 bits per heavy atom. The minimum absolute atomic E-state index is 0.642. The summed E-state index contributed by atoms with van der Waals surface area (Å²) in [4.78, 5) is 15.6. The van der Waals surface area contributed by atoms with Crippen molar-refractivity contribution in [2.75, 3.05) is 0 Å². The predicted molar refractivity (Wildman–Crippen MR) is 208 cm³/mol. The van der Waals surface area contributed by atoms with Crippen molar-refractivity contribution in [1.29, 1.82) is 0 Å². The highest BCUT2D eigenvalue weighted by atomic mass is 15.2. The molecule has 0 atom stereocenters. The molecule has 0 amide bonds. The predicted octanol–water partition coefficient (Wildman–Crippen LogP) is 10.8. The highest BCUT2D eigenvalue weighted by Gasteiger charge is 2.20. The van der Waals surface area contributed by atoms with Crippen LogP contribution >= 0.6 is 0 Å². The lowest BCUT2D eigenvalue weighted by Gasteiger charge is -2.12. The number of fused-ring (bicyclic) bond motifs is 9. The van der Waals surface area contributed by atoms with Crippen LogP contribution in [-0.4, -0.2) is 28.5 Å². The lowest BCUT2D eigenvalue weighted by molar-refractivity contribution is 1.01. The lowest BCUT2D eigenvalue weighted by Crippen LogP contribution is -2.03. The van der Waals surface area contributed by atoms with E-state index in [-0.39, 0.29) is 0 Å². The van der Waals surface area contributed by atoms with Gasteiger partial charge in [-0.1, -0.05) is 115 Å². The Bertz CT molecular complexity index is 3130. The summed E-state index contributed by atoms with van der Waals surface area (Å²) < 4.78 is 6.73. The molecule has 0 aliphatic rings. The van der Waals surface area contributed by atoms with Crippen LogP contribution in [0.4, 0.5) is 0 Å². The van der Waals surface area contributed by atoms with Crippen LogP contribution in [0.15, 0.2) is 170 Å². The molecule has 7 aromatic carbocycles. The van der Waals surface area contributed by atoms with Gasteiger partial charge in [-0.2, -0.15) is 0 Å². The van der Waals surface area contributed by atoms with Gasteiger partial charge in [-0.15, -0.1) is 0 Å². The summed E-state index contributed by atoms with van der Waals surface area (Å²) in [5, 5.41) is 3.29. The van der Waals surface area contributed by atoms with Crippen molar-refractivity contribution in [3.8, 4) is 34.0 Å². The maximum atomic E-state index is 5.33. The topological polar surface area (TPSA) is 52.9 Å². The number of para-hydroxylation sites is 6. The second-order valence-electron chi connectivity index (χ2n) is 12.9. The van der Waals surface area contributed by atoms with Crippen LogP contribution in [0.25, 0.3) is 94.6 Å². The van der Waals surface area contributed by atoms with Gasteiger partial charge in [-0.3, -0.25) is 13.5 Å². The first kappa shape index (κ1) is 27.9. The van der Waals surface area contributed by atoms with Crippen molar-refractivity contribution in [2.45, 2.75) is 0 Å². The van der Waals surface area contributed by atoms with Gasteiger partial charge in [0.2, 0.25) is 11.7 Å².